The van der Waals surface area contributed by atoms with E-state index in [0.29, 0.717) is 16.1 Å². The van der Waals surface area contributed by atoms with Gasteiger partial charge in [-0.25, -0.2) is 4.39 Å². The van der Waals surface area contributed by atoms with Crippen LogP contribution >= 0.6 is 11.6 Å². The maximum Gasteiger partial charge on any atom is 0.251 e. The average molecular weight is 322 g/mol. The van der Waals surface area contributed by atoms with Gasteiger partial charge in [0.15, 0.2) is 0 Å². The van der Waals surface area contributed by atoms with Gasteiger partial charge < -0.3 is 10.4 Å². The van der Waals surface area contributed by atoms with Crippen LogP contribution in [0.25, 0.3) is 0 Å². The average Bonchev–Trinajstić information content (AvgIpc) is 2.49. The first kappa shape index (κ1) is 16.5. The van der Waals surface area contributed by atoms with Crippen molar-refractivity contribution >= 4 is 17.5 Å². The largest absolute Gasteiger partial charge is 0.386 e. The highest BCUT2D eigenvalue weighted by Crippen LogP contribution is 2.20. The summed E-state index contributed by atoms with van der Waals surface area (Å²) < 4.78 is 13.3. The summed E-state index contributed by atoms with van der Waals surface area (Å²) in [6.45, 7) is 3.42. The quantitative estimate of drug-likeness (QED) is 0.903. The molecule has 0 aliphatic heterocycles. The number of halogens is 2. The van der Waals surface area contributed by atoms with E-state index in [9.17, 15) is 14.3 Å². The highest BCUT2D eigenvalue weighted by molar-refractivity contribution is 6.30. The first-order valence-electron chi connectivity index (χ1n) is 6.89. The first-order valence-corrected chi connectivity index (χ1v) is 7.27. The topological polar surface area (TPSA) is 49.3 Å². The first-order chi connectivity index (χ1) is 10.4. The van der Waals surface area contributed by atoms with Crippen molar-refractivity contribution in [3.63, 3.8) is 0 Å². The van der Waals surface area contributed by atoms with Gasteiger partial charge in [-0.2, -0.15) is 0 Å². The van der Waals surface area contributed by atoms with Gasteiger partial charge in [-0.3, -0.25) is 4.79 Å². The van der Waals surface area contributed by atoms with Gasteiger partial charge in [0.05, 0.1) is 12.1 Å². The van der Waals surface area contributed by atoms with E-state index in [2.05, 4.69) is 5.32 Å². The summed E-state index contributed by atoms with van der Waals surface area (Å²) in [5.74, 6) is -0.890. The lowest BCUT2D eigenvalue weighted by Crippen LogP contribution is -2.37. The monoisotopic (exact) mass is 321 g/mol. The van der Waals surface area contributed by atoms with E-state index >= 15 is 0 Å². The standard InChI is InChI=1S/C17H17ClFNO2/c1-10-3-8-14(19)9-15(10)17(22)20-11(2)16(21)12-4-6-13(18)7-5-12/h3-9,11,16,21H,1-2H3,(H,20,22). The predicted molar refractivity (Wildman–Crippen MR) is 84.5 cm³/mol. The fourth-order valence-electron chi connectivity index (χ4n) is 2.15. The number of aliphatic hydroxyl groups is 1. The van der Waals surface area contributed by atoms with Crippen molar-refractivity contribution in [2.75, 3.05) is 0 Å². The lowest BCUT2D eigenvalue weighted by Gasteiger charge is -2.21. The van der Waals surface area contributed by atoms with Crippen LogP contribution in [0, 0.1) is 12.7 Å². The zero-order chi connectivity index (χ0) is 16.3. The molecule has 0 fully saturated rings. The Bertz CT molecular complexity index is 673. The molecule has 116 valence electrons. The number of aryl methyl sites for hydroxylation is 1. The zero-order valence-electron chi connectivity index (χ0n) is 12.3. The van der Waals surface area contributed by atoms with Gasteiger partial charge >= 0.3 is 0 Å². The highest BCUT2D eigenvalue weighted by Gasteiger charge is 2.20. The maximum absolute atomic E-state index is 13.3. The zero-order valence-corrected chi connectivity index (χ0v) is 13.1. The molecule has 2 aromatic carbocycles. The molecule has 2 aromatic rings. The predicted octanol–water partition coefficient (Wildman–Crippen LogP) is 3.64. The number of hydrogen-bond acceptors (Lipinski definition) is 2. The molecule has 5 heteroatoms. The summed E-state index contributed by atoms with van der Waals surface area (Å²) in [4.78, 5) is 12.2. The minimum absolute atomic E-state index is 0.259. The Morgan fingerprint density at radius 3 is 2.50 bits per heavy atom. The third kappa shape index (κ3) is 3.84. The van der Waals surface area contributed by atoms with Crippen LogP contribution in [-0.2, 0) is 0 Å². The Labute approximate surface area is 133 Å². The molecular formula is C17H17ClFNO2. The molecule has 0 spiro atoms. The third-order valence-corrected chi connectivity index (χ3v) is 3.74. The van der Waals surface area contributed by atoms with Crippen LogP contribution < -0.4 is 5.32 Å². The fourth-order valence-corrected chi connectivity index (χ4v) is 2.28. The summed E-state index contributed by atoms with van der Waals surface area (Å²) >= 11 is 5.81. The van der Waals surface area contributed by atoms with E-state index < -0.39 is 23.9 Å². The Morgan fingerprint density at radius 1 is 1.23 bits per heavy atom. The number of aliphatic hydroxyl groups excluding tert-OH is 1. The van der Waals surface area contributed by atoms with Crippen molar-refractivity contribution < 1.29 is 14.3 Å². The summed E-state index contributed by atoms with van der Waals surface area (Å²) in [5, 5.41) is 13.5. The van der Waals surface area contributed by atoms with Crippen LogP contribution in [0.1, 0.15) is 34.5 Å². The Hall–Kier alpha value is -1.91. The van der Waals surface area contributed by atoms with E-state index in [1.807, 2.05) is 0 Å². The molecule has 3 nitrogen and oxygen atoms in total. The van der Waals surface area contributed by atoms with Crippen LogP contribution in [0.2, 0.25) is 5.02 Å². The second kappa shape index (κ2) is 6.90. The number of hydrogen-bond donors (Lipinski definition) is 2. The van der Waals surface area contributed by atoms with Crippen molar-refractivity contribution in [3.8, 4) is 0 Å². The summed E-state index contributed by atoms with van der Waals surface area (Å²) in [5.41, 5.74) is 1.58. The van der Waals surface area contributed by atoms with Gasteiger partial charge in [0.2, 0.25) is 0 Å². The second-order valence-electron chi connectivity index (χ2n) is 5.22. The van der Waals surface area contributed by atoms with Crippen molar-refractivity contribution in [1.82, 2.24) is 5.32 Å². The molecule has 2 unspecified atom stereocenters. The normalized spacial score (nSPS) is 13.5. The minimum Gasteiger partial charge on any atom is -0.386 e. The highest BCUT2D eigenvalue weighted by atomic mass is 35.5. The van der Waals surface area contributed by atoms with Gasteiger partial charge in [-0.15, -0.1) is 0 Å². The molecule has 0 saturated heterocycles. The van der Waals surface area contributed by atoms with Gasteiger partial charge in [0, 0.05) is 10.6 Å². The molecule has 22 heavy (non-hydrogen) atoms. The fraction of sp³-hybridized carbons (Fsp3) is 0.235. The molecule has 0 heterocycles. The molecule has 0 aliphatic carbocycles. The van der Waals surface area contributed by atoms with E-state index in [1.54, 1.807) is 44.2 Å². The number of benzene rings is 2. The summed E-state index contributed by atoms with van der Waals surface area (Å²) in [7, 11) is 0. The molecule has 1 amide bonds. The van der Waals surface area contributed by atoms with Crippen molar-refractivity contribution in [2.45, 2.75) is 26.0 Å². The Morgan fingerprint density at radius 2 is 1.86 bits per heavy atom. The number of amides is 1. The Balaban J connectivity index is 2.10. The minimum atomic E-state index is -0.880. The maximum atomic E-state index is 13.3. The molecule has 0 aliphatic rings. The SMILES string of the molecule is Cc1ccc(F)cc1C(=O)NC(C)C(O)c1ccc(Cl)cc1. The number of rotatable bonds is 4. The molecular weight excluding hydrogens is 305 g/mol. The van der Waals surface area contributed by atoms with Crippen molar-refractivity contribution in [3.05, 3.63) is 70.0 Å². The smallest absolute Gasteiger partial charge is 0.251 e. The molecule has 0 saturated carbocycles. The van der Waals surface area contributed by atoms with Crippen LogP contribution in [-0.4, -0.2) is 17.1 Å². The van der Waals surface area contributed by atoms with E-state index in [-0.39, 0.29) is 5.56 Å². The van der Waals surface area contributed by atoms with Gasteiger partial charge in [0.1, 0.15) is 5.82 Å². The van der Waals surface area contributed by atoms with E-state index in [0.717, 1.165) is 0 Å². The lowest BCUT2D eigenvalue weighted by atomic mass is 10.0. The molecule has 0 bridgehead atoms. The number of carbonyl (C=O) groups excluding carboxylic acids is 1. The van der Waals surface area contributed by atoms with Crippen molar-refractivity contribution in [2.24, 2.45) is 0 Å². The van der Waals surface area contributed by atoms with Gasteiger partial charge in [0.25, 0.3) is 5.91 Å². The molecule has 2 atom stereocenters. The summed E-state index contributed by atoms with van der Waals surface area (Å²) in [6, 6.07) is 10.2. The molecule has 0 radical (unpaired) electrons. The van der Waals surface area contributed by atoms with Gasteiger partial charge in [-0.05, 0) is 49.2 Å². The van der Waals surface area contributed by atoms with Gasteiger partial charge in [-0.1, -0.05) is 29.8 Å². The molecule has 2 N–H and O–H groups in total. The van der Waals surface area contributed by atoms with Crippen LogP contribution in [0.5, 0.6) is 0 Å². The van der Waals surface area contributed by atoms with E-state index in [1.165, 1.54) is 12.1 Å². The van der Waals surface area contributed by atoms with Crippen LogP contribution in [0.15, 0.2) is 42.5 Å². The van der Waals surface area contributed by atoms with Crippen LogP contribution in [0.4, 0.5) is 4.39 Å². The van der Waals surface area contributed by atoms with Crippen molar-refractivity contribution in [1.29, 1.82) is 0 Å². The Kier molecular flexibility index (Phi) is 5.16. The second-order valence-corrected chi connectivity index (χ2v) is 5.65. The van der Waals surface area contributed by atoms with Crippen LogP contribution in [0.3, 0.4) is 0 Å². The molecule has 2 rings (SSSR count). The lowest BCUT2D eigenvalue weighted by molar-refractivity contribution is 0.0851. The van der Waals surface area contributed by atoms with E-state index in [4.69, 9.17) is 11.6 Å². The number of nitrogens with one attached hydrogen (secondary N) is 1. The third-order valence-electron chi connectivity index (χ3n) is 3.49. The number of carbonyl (C=O) groups is 1. The summed E-state index contributed by atoms with van der Waals surface area (Å²) in [6.07, 6.45) is -0.880. The molecule has 0 aromatic heterocycles.